The van der Waals surface area contributed by atoms with Crippen LogP contribution in [0.4, 0.5) is 22.0 Å². The Labute approximate surface area is 182 Å². The fourth-order valence-electron chi connectivity index (χ4n) is 4.81. The molecule has 0 nitrogen and oxygen atoms in total. The monoisotopic (exact) mass is 442 g/mol. The number of alkyl halides is 5. The molecule has 0 aliphatic rings. The van der Waals surface area contributed by atoms with Crippen LogP contribution in [0.5, 0.6) is 0 Å². The molecule has 0 saturated carbocycles. The minimum atomic E-state index is -4.14. The molecule has 5 heteroatoms. The maximum atomic E-state index is 13.1. The Morgan fingerprint density at radius 3 is 1.70 bits per heavy atom. The van der Waals surface area contributed by atoms with Crippen molar-refractivity contribution in [3.05, 3.63) is 0 Å². The summed E-state index contributed by atoms with van der Waals surface area (Å²) >= 11 is 0. The minimum absolute atomic E-state index is 0.0275. The van der Waals surface area contributed by atoms with Gasteiger partial charge in [-0.3, -0.25) is 0 Å². The average molecular weight is 443 g/mol. The standard InChI is InChI=1S/C25H47F5/c1-7-21(8-2)15-19(5)11-9-14-23(17-25(28,29)30)20(6)12-10-13-22(18(3)4)16-24(26)27/h18-24H,7-17H2,1-6H3. The molecule has 4 atom stereocenters. The van der Waals surface area contributed by atoms with Crippen molar-refractivity contribution < 1.29 is 22.0 Å². The van der Waals surface area contributed by atoms with E-state index in [-0.39, 0.29) is 30.1 Å². The highest BCUT2D eigenvalue weighted by Crippen LogP contribution is 2.36. The highest BCUT2D eigenvalue weighted by molar-refractivity contribution is 4.73. The van der Waals surface area contributed by atoms with Gasteiger partial charge in [-0.15, -0.1) is 0 Å². The molecule has 30 heavy (non-hydrogen) atoms. The van der Waals surface area contributed by atoms with Crippen LogP contribution < -0.4 is 0 Å². The van der Waals surface area contributed by atoms with Gasteiger partial charge in [0.05, 0.1) is 0 Å². The Kier molecular flexibility index (Phi) is 15.3. The zero-order chi connectivity index (χ0) is 23.3. The summed E-state index contributed by atoms with van der Waals surface area (Å²) in [6.45, 7) is 12.4. The van der Waals surface area contributed by atoms with E-state index in [1.165, 1.54) is 0 Å². The summed E-state index contributed by atoms with van der Waals surface area (Å²) in [5.74, 6) is 1.00. The van der Waals surface area contributed by atoms with Crippen molar-refractivity contribution in [1.29, 1.82) is 0 Å². The maximum absolute atomic E-state index is 13.1. The molecule has 0 spiro atoms. The molecule has 0 aromatic rings. The second-order valence-corrected chi connectivity index (χ2v) is 10.1. The summed E-state index contributed by atoms with van der Waals surface area (Å²) in [4.78, 5) is 0. The number of hydrogen-bond acceptors (Lipinski definition) is 0. The van der Waals surface area contributed by atoms with E-state index in [1.54, 1.807) is 0 Å². The molecule has 0 aromatic carbocycles. The molecule has 0 amide bonds. The Hall–Kier alpha value is -0.350. The third kappa shape index (κ3) is 14.6. The smallest absolute Gasteiger partial charge is 0.211 e. The van der Waals surface area contributed by atoms with Crippen molar-refractivity contribution in [2.75, 3.05) is 0 Å². The molecule has 0 aliphatic heterocycles. The molecule has 0 N–H and O–H groups in total. The first-order chi connectivity index (χ1) is 13.9. The van der Waals surface area contributed by atoms with Gasteiger partial charge in [-0.25, -0.2) is 8.78 Å². The lowest BCUT2D eigenvalue weighted by Gasteiger charge is -2.27. The van der Waals surface area contributed by atoms with Gasteiger partial charge in [0.2, 0.25) is 6.43 Å². The highest BCUT2D eigenvalue weighted by atomic mass is 19.4. The Bertz CT molecular complexity index is 401. The van der Waals surface area contributed by atoms with Gasteiger partial charge in [0, 0.05) is 12.8 Å². The van der Waals surface area contributed by atoms with Crippen molar-refractivity contribution in [2.24, 2.45) is 35.5 Å². The molecular weight excluding hydrogens is 395 g/mol. The molecule has 0 rings (SSSR count). The Morgan fingerprint density at radius 1 is 0.700 bits per heavy atom. The molecule has 0 fully saturated rings. The summed E-state index contributed by atoms with van der Waals surface area (Å²) in [5, 5.41) is 0. The van der Waals surface area contributed by atoms with E-state index < -0.39 is 19.0 Å². The summed E-state index contributed by atoms with van der Waals surface area (Å²) in [6.07, 6.45) is 0.746. The maximum Gasteiger partial charge on any atom is 0.389 e. The zero-order valence-corrected chi connectivity index (χ0v) is 20.2. The van der Waals surface area contributed by atoms with E-state index in [1.807, 2.05) is 20.8 Å². The van der Waals surface area contributed by atoms with Crippen LogP contribution in [-0.2, 0) is 0 Å². The van der Waals surface area contributed by atoms with Crippen LogP contribution in [-0.4, -0.2) is 12.6 Å². The lowest BCUT2D eigenvalue weighted by Crippen LogP contribution is -2.22. The van der Waals surface area contributed by atoms with Crippen LogP contribution in [0.1, 0.15) is 112 Å². The summed E-state index contributed by atoms with van der Waals surface area (Å²) in [7, 11) is 0. The van der Waals surface area contributed by atoms with E-state index in [0.29, 0.717) is 31.1 Å². The molecule has 0 bridgehead atoms. The van der Waals surface area contributed by atoms with Crippen LogP contribution in [0.15, 0.2) is 0 Å². The van der Waals surface area contributed by atoms with Crippen molar-refractivity contribution in [1.82, 2.24) is 0 Å². The lowest BCUT2D eigenvalue weighted by atomic mass is 9.80. The average Bonchev–Trinajstić information content (AvgIpc) is 2.62. The van der Waals surface area contributed by atoms with E-state index in [2.05, 4.69) is 20.8 Å². The fraction of sp³-hybridized carbons (Fsp3) is 1.00. The van der Waals surface area contributed by atoms with Crippen LogP contribution in [0.2, 0.25) is 0 Å². The van der Waals surface area contributed by atoms with Gasteiger partial charge in [0.25, 0.3) is 0 Å². The molecule has 0 aromatic heterocycles. The first-order valence-electron chi connectivity index (χ1n) is 12.2. The SMILES string of the molecule is CCC(CC)CC(C)CCCC(CC(F)(F)F)C(C)CCCC(CC(F)F)C(C)C. The van der Waals surface area contributed by atoms with Crippen LogP contribution in [0.25, 0.3) is 0 Å². The lowest BCUT2D eigenvalue weighted by molar-refractivity contribution is -0.149. The number of hydrogen-bond donors (Lipinski definition) is 0. The van der Waals surface area contributed by atoms with Gasteiger partial charge in [0.1, 0.15) is 0 Å². The van der Waals surface area contributed by atoms with Gasteiger partial charge < -0.3 is 0 Å². The molecule has 182 valence electrons. The molecule has 0 heterocycles. The van der Waals surface area contributed by atoms with E-state index >= 15 is 0 Å². The third-order valence-electron chi connectivity index (χ3n) is 7.12. The molecule has 4 unspecified atom stereocenters. The Morgan fingerprint density at radius 2 is 1.23 bits per heavy atom. The minimum Gasteiger partial charge on any atom is -0.211 e. The second-order valence-electron chi connectivity index (χ2n) is 10.1. The van der Waals surface area contributed by atoms with Crippen LogP contribution in [0.3, 0.4) is 0 Å². The molecular formula is C25H47F5. The molecule has 0 aliphatic carbocycles. The van der Waals surface area contributed by atoms with E-state index in [0.717, 1.165) is 38.5 Å². The van der Waals surface area contributed by atoms with Gasteiger partial charge in [0.15, 0.2) is 0 Å². The second kappa shape index (κ2) is 15.5. The quantitative estimate of drug-likeness (QED) is 0.197. The predicted octanol–water partition coefficient (Wildman–Crippen LogP) is 9.92. The first kappa shape index (κ1) is 29.7. The number of halogens is 5. The predicted molar refractivity (Wildman–Crippen MR) is 118 cm³/mol. The third-order valence-corrected chi connectivity index (χ3v) is 7.12. The first-order valence-corrected chi connectivity index (χ1v) is 12.2. The largest absolute Gasteiger partial charge is 0.389 e. The van der Waals surface area contributed by atoms with Crippen LogP contribution >= 0.6 is 0 Å². The number of rotatable bonds is 17. The zero-order valence-electron chi connectivity index (χ0n) is 20.2. The molecule has 0 saturated heterocycles. The fourth-order valence-corrected chi connectivity index (χ4v) is 4.81. The van der Waals surface area contributed by atoms with Gasteiger partial charge in [-0.2, -0.15) is 13.2 Å². The van der Waals surface area contributed by atoms with Gasteiger partial charge >= 0.3 is 6.18 Å². The van der Waals surface area contributed by atoms with E-state index in [9.17, 15) is 22.0 Å². The topological polar surface area (TPSA) is 0 Å². The van der Waals surface area contributed by atoms with Crippen molar-refractivity contribution in [3.63, 3.8) is 0 Å². The normalized spacial score (nSPS) is 17.0. The summed E-state index contributed by atoms with van der Waals surface area (Å²) in [5.41, 5.74) is 0. The van der Waals surface area contributed by atoms with Crippen molar-refractivity contribution in [3.8, 4) is 0 Å². The summed E-state index contributed by atoms with van der Waals surface area (Å²) < 4.78 is 64.9. The molecule has 0 radical (unpaired) electrons. The van der Waals surface area contributed by atoms with Gasteiger partial charge in [-0.1, -0.05) is 80.1 Å². The highest BCUT2D eigenvalue weighted by Gasteiger charge is 2.34. The van der Waals surface area contributed by atoms with Crippen molar-refractivity contribution >= 4 is 0 Å². The van der Waals surface area contributed by atoms with Gasteiger partial charge in [-0.05, 0) is 54.8 Å². The van der Waals surface area contributed by atoms with Crippen molar-refractivity contribution in [2.45, 2.75) is 125 Å². The van der Waals surface area contributed by atoms with Crippen LogP contribution in [0, 0.1) is 35.5 Å². The summed E-state index contributed by atoms with van der Waals surface area (Å²) in [6, 6.07) is 0. The Balaban J connectivity index is 4.61. The van der Waals surface area contributed by atoms with E-state index in [4.69, 9.17) is 0 Å².